The maximum Gasteiger partial charge on any atom is 0.253 e. The molecule has 2 aromatic rings. The van der Waals surface area contributed by atoms with Crippen molar-refractivity contribution in [2.24, 2.45) is 21.8 Å². The van der Waals surface area contributed by atoms with Gasteiger partial charge < -0.3 is 4.74 Å². The Hall–Kier alpha value is -2.83. The number of hydrogen-bond acceptors (Lipinski definition) is 5. The third-order valence-corrected chi connectivity index (χ3v) is 4.66. The Kier molecular flexibility index (Phi) is 5.48. The Morgan fingerprint density at radius 1 is 1.26 bits per heavy atom. The number of fused-ring (bicyclic) bond motifs is 1. The van der Waals surface area contributed by atoms with Crippen molar-refractivity contribution >= 4 is 34.4 Å². The average Bonchev–Trinajstić information content (AvgIpc) is 2.60. The van der Waals surface area contributed by atoms with Crippen LogP contribution in [-0.4, -0.2) is 34.7 Å². The van der Waals surface area contributed by atoms with Crippen molar-refractivity contribution in [1.82, 2.24) is 15.3 Å². The molecule has 1 amide bonds. The third-order valence-electron chi connectivity index (χ3n) is 4.66. The van der Waals surface area contributed by atoms with Crippen molar-refractivity contribution in [3.63, 3.8) is 0 Å². The van der Waals surface area contributed by atoms with E-state index in [1.54, 1.807) is 7.11 Å². The van der Waals surface area contributed by atoms with E-state index in [9.17, 15) is 4.79 Å². The van der Waals surface area contributed by atoms with E-state index >= 15 is 0 Å². The Bertz CT molecular complexity index is 933. The number of methoxy groups -OCH3 is 1. The van der Waals surface area contributed by atoms with Crippen molar-refractivity contribution in [2.45, 2.75) is 40.5 Å². The van der Waals surface area contributed by atoms with Crippen LogP contribution in [0.2, 0.25) is 0 Å². The largest absolute Gasteiger partial charge is 0.497 e. The molecule has 1 aromatic heterocycles. The van der Waals surface area contributed by atoms with Crippen molar-refractivity contribution in [1.29, 1.82) is 0 Å². The first-order valence-electron chi connectivity index (χ1n) is 9.14. The monoisotopic (exact) mass is 367 g/mol. The number of hydrogen-bond donors (Lipinski definition) is 1. The highest BCUT2D eigenvalue weighted by molar-refractivity contribution is 6.17. The molecule has 0 saturated carbocycles. The van der Waals surface area contributed by atoms with Crippen molar-refractivity contribution in [2.75, 3.05) is 7.11 Å². The number of aromatic nitrogens is 2. The topological polar surface area (TPSA) is 88.8 Å². The fraction of sp³-hybridized carbons (Fsp3) is 0.450. The molecule has 7 heteroatoms. The zero-order chi connectivity index (χ0) is 19.6. The third kappa shape index (κ3) is 4.30. The molecule has 1 aliphatic rings. The molecule has 1 N–H and O–H groups in total. The molecule has 7 nitrogen and oxygen atoms in total. The Morgan fingerprint density at radius 3 is 2.70 bits per heavy atom. The Balaban J connectivity index is 1.89. The van der Waals surface area contributed by atoms with Gasteiger partial charge in [0.05, 0.1) is 24.2 Å². The highest BCUT2D eigenvalue weighted by Crippen LogP contribution is 2.24. The molecular formula is C20H25N5O2. The van der Waals surface area contributed by atoms with E-state index in [1.165, 1.54) is 0 Å². The number of carbonyl (C=O) groups excluding carboxylic acids is 1. The maximum absolute atomic E-state index is 12.4. The predicted octanol–water partition coefficient (Wildman–Crippen LogP) is 3.58. The highest BCUT2D eigenvalue weighted by atomic mass is 16.5. The van der Waals surface area contributed by atoms with E-state index in [-0.39, 0.29) is 23.7 Å². The van der Waals surface area contributed by atoms with E-state index in [0.717, 1.165) is 40.9 Å². The first-order chi connectivity index (χ1) is 12.9. The van der Waals surface area contributed by atoms with Gasteiger partial charge in [-0.1, -0.05) is 13.8 Å². The molecule has 27 heavy (non-hydrogen) atoms. The van der Waals surface area contributed by atoms with Gasteiger partial charge in [-0.05, 0) is 50.8 Å². The van der Waals surface area contributed by atoms with Crippen LogP contribution in [0.3, 0.4) is 0 Å². The van der Waals surface area contributed by atoms with Crippen molar-refractivity contribution in [3.8, 4) is 5.75 Å². The lowest BCUT2D eigenvalue weighted by atomic mass is 9.93. The van der Waals surface area contributed by atoms with E-state index in [2.05, 4.69) is 39.1 Å². The molecular weight excluding hydrogens is 342 g/mol. The van der Waals surface area contributed by atoms with Crippen LogP contribution in [-0.2, 0) is 4.79 Å². The maximum atomic E-state index is 12.4. The number of carbonyl (C=O) groups is 1. The molecule has 2 heterocycles. The summed E-state index contributed by atoms with van der Waals surface area (Å²) in [6, 6.07) is 5.60. The van der Waals surface area contributed by atoms with Crippen molar-refractivity contribution < 1.29 is 9.53 Å². The second-order valence-electron chi connectivity index (χ2n) is 7.19. The molecule has 0 fully saturated rings. The van der Waals surface area contributed by atoms with Gasteiger partial charge in [0.25, 0.3) is 5.95 Å². The van der Waals surface area contributed by atoms with Gasteiger partial charge in [0, 0.05) is 11.1 Å². The number of nitrogens with one attached hydrogen (secondary N) is 1. The summed E-state index contributed by atoms with van der Waals surface area (Å²) < 4.78 is 5.25. The molecule has 0 aliphatic carbocycles. The minimum Gasteiger partial charge on any atom is -0.497 e. The summed E-state index contributed by atoms with van der Waals surface area (Å²) in [6.07, 6.45) is 1.77. The van der Waals surface area contributed by atoms with Crippen LogP contribution in [0, 0.1) is 18.8 Å². The van der Waals surface area contributed by atoms with Gasteiger partial charge in [-0.25, -0.2) is 15.0 Å². The second kappa shape index (κ2) is 7.82. The summed E-state index contributed by atoms with van der Waals surface area (Å²) in [4.78, 5) is 30.1. The number of rotatable bonds is 5. The number of guanidine groups is 1. The molecule has 1 aliphatic heterocycles. The van der Waals surface area contributed by atoms with Crippen LogP contribution in [0.4, 0.5) is 5.95 Å². The van der Waals surface area contributed by atoms with Gasteiger partial charge in [-0.15, -0.1) is 0 Å². The number of benzene rings is 1. The standard InChI is InChI=1S/C20H25N5O2/c1-11(2)6-8-15-12(3)21-20(24-18(15)26)25-19-22-13(4)16-10-14(27-5)7-9-17(16)23-19/h7,9-11,15H,6,8H2,1-5H3,(H,22,23,24,25,26). The molecule has 142 valence electrons. The van der Waals surface area contributed by atoms with Crippen molar-refractivity contribution in [3.05, 3.63) is 23.9 Å². The van der Waals surface area contributed by atoms with E-state index in [4.69, 9.17) is 4.74 Å². The molecule has 1 atom stereocenters. The summed E-state index contributed by atoms with van der Waals surface area (Å²) in [7, 11) is 1.62. The smallest absolute Gasteiger partial charge is 0.253 e. The van der Waals surface area contributed by atoms with Crippen LogP contribution < -0.4 is 10.1 Å². The highest BCUT2D eigenvalue weighted by Gasteiger charge is 2.27. The van der Waals surface area contributed by atoms with Gasteiger partial charge in [-0.2, -0.15) is 4.99 Å². The van der Waals surface area contributed by atoms with E-state index < -0.39 is 0 Å². The normalized spacial score (nSPS) is 18.7. The zero-order valence-electron chi connectivity index (χ0n) is 16.4. The fourth-order valence-corrected chi connectivity index (χ4v) is 3.07. The zero-order valence-corrected chi connectivity index (χ0v) is 16.4. The average molecular weight is 367 g/mol. The molecule has 0 saturated heterocycles. The number of ether oxygens (including phenoxy) is 1. The van der Waals surface area contributed by atoms with Crippen LogP contribution in [0.25, 0.3) is 10.9 Å². The van der Waals surface area contributed by atoms with Gasteiger partial charge in [0.15, 0.2) is 0 Å². The Labute approximate surface area is 159 Å². The van der Waals surface area contributed by atoms with Gasteiger partial charge in [-0.3, -0.25) is 10.1 Å². The minimum absolute atomic E-state index is 0.0656. The quantitative estimate of drug-likeness (QED) is 0.875. The van der Waals surface area contributed by atoms with Crippen LogP contribution in [0.15, 0.2) is 28.2 Å². The van der Waals surface area contributed by atoms with Gasteiger partial charge >= 0.3 is 0 Å². The second-order valence-corrected chi connectivity index (χ2v) is 7.19. The molecule has 1 aromatic carbocycles. The van der Waals surface area contributed by atoms with Crippen LogP contribution >= 0.6 is 0 Å². The molecule has 0 radical (unpaired) electrons. The number of nitrogens with zero attached hydrogens (tertiary/aromatic N) is 4. The lowest BCUT2D eigenvalue weighted by molar-refractivity contribution is -0.122. The number of aryl methyl sites for hydroxylation is 1. The molecule has 3 rings (SSSR count). The summed E-state index contributed by atoms with van der Waals surface area (Å²) in [5.41, 5.74) is 2.33. The van der Waals surface area contributed by atoms with Crippen LogP contribution in [0.5, 0.6) is 5.75 Å². The van der Waals surface area contributed by atoms with Gasteiger partial charge in [0.1, 0.15) is 5.75 Å². The summed E-state index contributed by atoms with van der Waals surface area (Å²) in [5, 5.41) is 3.68. The summed E-state index contributed by atoms with van der Waals surface area (Å²) in [6.45, 7) is 8.06. The SMILES string of the molecule is COc1ccc2nc(/N=C3\N=C(C)C(CCC(C)C)C(=O)N3)nc(C)c2c1. The minimum atomic E-state index is -0.196. The number of amides is 1. The lowest BCUT2D eigenvalue weighted by Crippen LogP contribution is -2.43. The molecule has 0 spiro atoms. The molecule has 1 unspecified atom stereocenters. The Morgan fingerprint density at radius 2 is 2.04 bits per heavy atom. The number of aliphatic imine (C=N–C) groups is 2. The first kappa shape index (κ1) is 18.9. The van der Waals surface area contributed by atoms with Gasteiger partial charge in [0.2, 0.25) is 11.9 Å². The summed E-state index contributed by atoms with van der Waals surface area (Å²) >= 11 is 0. The van der Waals surface area contributed by atoms with E-state index in [1.807, 2.05) is 32.0 Å². The van der Waals surface area contributed by atoms with Crippen LogP contribution in [0.1, 0.15) is 39.3 Å². The first-order valence-corrected chi connectivity index (χ1v) is 9.14. The summed E-state index contributed by atoms with van der Waals surface area (Å²) in [5.74, 6) is 1.55. The predicted molar refractivity (Wildman–Crippen MR) is 107 cm³/mol. The fourth-order valence-electron chi connectivity index (χ4n) is 3.07. The molecule has 0 bridgehead atoms. The lowest BCUT2D eigenvalue weighted by Gasteiger charge is -2.22. The van der Waals surface area contributed by atoms with E-state index in [0.29, 0.717) is 5.92 Å².